The number of anilines is 1. The van der Waals surface area contributed by atoms with Crippen LogP contribution < -0.4 is 11.3 Å². The number of hydrogen-bond donors (Lipinski definition) is 2. The van der Waals surface area contributed by atoms with Gasteiger partial charge in [-0.15, -0.1) is 12.4 Å². The molecule has 0 aliphatic rings. The molecule has 0 spiro atoms. The summed E-state index contributed by atoms with van der Waals surface area (Å²) in [4.78, 5) is 9.24. The molecule has 6 nitrogen and oxygen atoms in total. The van der Waals surface area contributed by atoms with E-state index in [2.05, 4.69) is 4.98 Å². The first-order chi connectivity index (χ1) is 13.2. The van der Waals surface area contributed by atoms with Gasteiger partial charge in [0, 0.05) is 23.0 Å². The molecule has 138 valence electrons. The fourth-order valence-corrected chi connectivity index (χ4v) is 3.24. The number of fused-ring (bicyclic) bond motifs is 2. The number of imidazole rings is 1. The molecule has 0 amide bonds. The lowest BCUT2D eigenvalue weighted by Gasteiger charge is -2.09. The second-order valence-corrected chi connectivity index (χ2v) is 6.24. The Hall–Kier alpha value is -3.64. The van der Waals surface area contributed by atoms with Gasteiger partial charge in [-0.2, -0.15) is 0 Å². The van der Waals surface area contributed by atoms with E-state index in [1.165, 1.54) is 0 Å². The van der Waals surface area contributed by atoms with E-state index in [0.717, 1.165) is 22.2 Å². The average molecular weight is 390 g/mol. The molecule has 0 saturated heterocycles. The van der Waals surface area contributed by atoms with Crippen molar-refractivity contribution in [1.82, 2.24) is 14.5 Å². The minimum Gasteiger partial charge on any atom is -0.438 e. The van der Waals surface area contributed by atoms with Crippen LogP contribution in [0.4, 0.5) is 5.69 Å². The monoisotopic (exact) mass is 389 g/mol. The van der Waals surface area contributed by atoms with Crippen LogP contribution in [-0.4, -0.2) is 14.5 Å². The highest BCUT2D eigenvalue weighted by Gasteiger charge is 2.18. The van der Waals surface area contributed by atoms with Gasteiger partial charge in [-0.25, -0.2) is 9.97 Å². The van der Waals surface area contributed by atoms with Crippen LogP contribution in [0.25, 0.3) is 39.2 Å². The highest BCUT2D eigenvalue weighted by Crippen LogP contribution is 2.28. The van der Waals surface area contributed by atoms with Gasteiger partial charge in [-0.1, -0.05) is 18.2 Å². The first-order valence-electron chi connectivity index (χ1n) is 8.48. The quantitative estimate of drug-likeness (QED) is 0.440. The van der Waals surface area contributed by atoms with Gasteiger partial charge in [0.05, 0.1) is 5.56 Å². The zero-order valence-corrected chi connectivity index (χ0v) is 15.5. The number of nitrogens with zero attached hydrogens (tertiary/aromatic N) is 3. The van der Waals surface area contributed by atoms with Gasteiger partial charge in [-0.3, -0.25) is 9.98 Å². The molecular weight excluding hydrogens is 374 g/mol. The summed E-state index contributed by atoms with van der Waals surface area (Å²) in [5.74, 6) is 0.605. The van der Waals surface area contributed by atoms with Crippen LogP contribution in [0, 0.1) is 5.41 Å². The molecule has 7 heteroatoms. The molecule has 0 aliphatic heterocycles. The number of hydrogen-bond acceptors (Lipinski definition) is 5. The van der Waals surface area contributed by atoms with Crippen LogP contribution in [0.1, 0.15) is 0 Å². The number of benzene rings is 2. The van der Waals surface area contributed by atoms with E-state index < -0.39 is 0 Å². The second kappa shape index (κ2) is 6.83. The fraction of sp³-hybridized carbons (Fsp3) is 0. The van der Waals surface area contributed by atoms with Crippen LogP contribution in [0.5, 0.6) is 0 Å². The number of halogens is 1. The molecule has 0 fully saturated rings. The van der Waals surface area contributed by atoms with Crippen molar-refractivity contribution >= 4 is 40.2 Å². The Labute approximate surface area is 166 Å². The summed E-state index contributed by atoms with van der Waals surface area (Å²) in [6.07, 6.45) is 1.74. The number of aromatic nitrogens is 3. The third kappa shape index (κ3) is 2.80. The van der Waals surface area contributed by atoms with E-state index in [1.807, 2.05) is 59.2 Å². The Morgan fingerprint density at radius 3 is 2.61 bits per heavy atom. The first-order valence-corrected chi connectivity index (χ1v) is 8.48. The Morgan fingerprint density at radius 1 is 0.964 bits per heavy atom. The number of nitrogen functional groups attached to an aromatic ring is 1. The minimum atomic E-state index is 0. The van der Waals surface area contributed by atoms with Crippen molar-refractivity contribution in [2.75, 3.05) is 5.73 Å². The molecule has 0 radical (unpaired) electrons. The van der Waals surface area contributed by atoms with Gasteiger partial charge in [0.1, 0.15) is 11.1 Å². The van der Waals surface area contributed by atoms with Crippen molar-refractivity contribution in [2.24, 2.45) is 0 Å². The lowest BCUT2D eigenvalue weighted by Crippen LogP contribution is -2.08. The van der Waals surface area contributed by atoms with Crippen LogP contribution >= 0.6 is 12.4 Å². The van der Waals surface area contributed by atoms with Gasteiger partial charge in [0.25, 0.3) is 0 Å². The van der Waals surface area contributed by atoms with E-state index in [0.29, 0.717) is 22.7 Å². The Balaban J connectivity index is 0.00000192. The molecular formula is C21H16ClN5O. The first kappa shape index (κ1) is 17.8. The largest absolute Gasteiger partial charge is 0.438 e. The summed E-state index contributed by atoms with van der Waals surface area (Å²) < 4.78 is 7.67. The minimum absolute atomic E-state index is 0. The number of nitrogens with one attached hydrogen (secondary N) is 1. The summed E-state index contributed by atoms with van der Waals surface area (Å²) in [5.41, 5.74) is 10.2. The molecule has 5 aromatic rings. The molecule has 0 bridgehead atoms. The summed E-state index contributed by atoms with van der Waals surface area (Å²) in [7, 11) is 0. The maximum atomic E-state index is 8.40. The maximum Gasteiger partial charge on any atom is 0.223 e. The van der Waals surface area contributed by atoms with Crippen LogP contribution in [0.3, 0.4) is 0 Å². The van der Waals surface area contributed by atoms with Crippen molar-refractivity contribution in [3.05, 3.63) is 78.5 Å². The normalized spacial score (nSPS) is 10.9. The summed E-state index contributed by atoms with van der Waals surface area (Å²) >= 11 is 0. The summed E-state index contributed by atoms with van der Waals surface area (Å²) in [6.45, 7) is 0. The lowest BCUT2D eigenvalue weighted by atomic mass is 10.1. The highest BCUT2D eigenvalue weighted by molar-refractivity contribution is 5.86. The summed E-state index contributed by atoms with van der Waals surface area (Å²) in [5, 5.41) is 9.23. The van der Waals surface area contributed by atoms with Gasteiger partial charge < -0.3 is 10.2 Å². The standard InChI is InChI=1S/C21H15N5O.ClH/c22-14-8-9-18-13(11-14)12-16(19(23)27-18)20-25-17-7-4-10-24-21(17)26(20)15-5-2-1-3-6-15;/h1-12,23H,22H2;1H. The van der Waals surface area contributed by atoms with Gasteiger partial charge in [-0.05, 0) is 48.5 Å². The van der Waals surface area contributed by atoms with Crippen molar-refractivity contribution < 1.29 is 4.42 Å². The Morgan fingerprint density at radius 2 is 1.79 bits per heavy atom. The van der Waals surface area contributed by atoms with E-state index in [9.17, 15) is 0 Å². The van der Waals surface area contributed by atoms with Crippen molar-refractivity contribution in [1.29, 1.82) is 5.41 Å². The number of rotatable bonds is 2. The number of nitrogens with two attached hydrogens (primary N) is 1. The van der Waals surface area contributed by atoms with Gasteiger partial charge >= 0.3 is 0 Å². The smallest absolute Gasteiger partial charge is 0.223 e. The molecule has 0 unspecified atom stereocenters. The van der Waals surface area contributed by atoms with Crippen molar-refractivity contribution in [2.45, 2.75) is 0 Å². The van der Waals surface area contributed by atoms with Crippen LogP contribution in [-0.2, 0) is 0 Å². The van der Waals surface area contributed by atoms with E-state index in [-0.39, 0.29) is 18.0 Å². The van der Waals surface area contributed by atoms with Crippen molar-refractivity contribution in [3.8, 4) is 17.1 Å². The van der Waals surface area contributed by atoms with E-state index in [4.69, 9.17) is 20.5 Å². The molecule has 3 aromatic heterocycles. The molecule has 2 aromatic carbocycles. The average Bonchev–Trinajstić information content (AvgIpc) is 3.07. The molecule has 0 aliphatic carbocycles. The predicted octanol–water partition coefficient (Wildman–Crippen LogP) is 4.32. The number of pyridine rings is 1. The van der Waals surface area contributed by atoms with E-state index >= 15 is 0 Å². The van der Waals surface area contributed by atoms with Gasteiger partial charge in [0.15, 0.2) is 11.5 Å². The zero-order valence-electron chi connectivity index (χ0n) is 14.7. The molecule has 3 heterocycles. The highest BCUT2D eigenvalue weighted by atomic mass is 35.5. The van der Waals surface area contributed by atoms with E-state index in [1.54, 1.807) is 18.3 Å². The molecule has 28 heavy (non-hydrogen) atoms. The third-order valence-corrected chi connectivity index (χ3v) is 4.46. The van der Waals surface area contributed by atoms with Gasteiger partial charge in [0.2, 0.25) is 5.55 Å². The molecule has 3 N–H and O–H groups in total. The van der Waals surface area contributed by atoms with Crippen molar-refractivity contribution in [3.63, 3.8) is 0 Å². The number of para-hydroxylation sites is 1. The fourth-order valence-electron chi connectivity index (χ4n) is 3.24. The predicted molar refractivity (Wildman–Crippen MR) is 112 cm³/mol. The topological polar surface area (TPSA) is 93.7 Å². The van der Waals surface area contributed by atoms with Crippen LogP contribution in [0.2, 0.25) is 0 Å². The second-order valence-electron chi connectivity index (χ2n) is 6.24. The van der Waals surface area contributed by atoms with Crippen LogP contribution in [0.15, 0.2) is 77.3 Å². The third-order valence-electron chi connectivity index (χ3n) is 4.46. The molecule has 0 atom stereocenters. The zero-order chi connectivity index (χ0) is 18.4. The molecule has 5 rings (SSSR count). The Kier molecular flexibility index (Phi) is 4.33. The Bertz CT molecular complexity index is 1360. The summed E-state index contributed by atoms with van der Waals surface area (Å²) in [6, 6.07) is 20.8. The molecule has 0 saturated carbocycles. The lowest BCUT2D eigenvalue weighted by molar-refractivity contribution is 0.535. The SMILES string of the molecule is Cl.N=c1oc2ccc(N)cc2cc1-c1nc2cccnc2n1-c1ccccc1. The maximum absolute atomic E-state index is 8.40.